The molecule has 10 heteroatoms. The highest BCUT2D eigenvalue weighted by Gasteiger charge is 2.35. The Bertz CT molecular complexity index is 631. The van der Waals surface area contributed by atoms with Gasteiger partial charge in [0.05, 0.1) is 10.8 Å². The van der Waals surface area contributed by atoms with Crippen molar-refractivity contribution in [2.45, 2.75) is 38.3 Å². The van der Waals surface area contributed by atoms with Crippen molar-refractivity contribution in [1.29, 1.82) is 0 Å². The molecule has 1 unspecified atom stereocenters. The molecule has 9 nitrogen and oxygen atoms in total. The Morgan fingerprint density at radius 3 is 2.46 bits per heavy atom. The van der Waals surface area contributed by atoms with Crippen molar-refractivity contribution in [1.82, 2.24) is 9.71 Å². The predicted molar refractivity (Wildman–Crippen MR) is 86.5 cm³/mol. The monoisotopic (exact) mass is 357 g/mol. The lowest BCUT2D eigenvalue weighted by Crippen LogP contribution is -2.40. The standard InChI is InChI=1S/C14H19N3O6S/c1-14(2,3)8(12(18)19)7-9(13(20)21)16-24-11-10(17(22)23)5-4-6-15-11/h4-6,8-9,16H,7H2,1-3H3,(H,18,19)(H,20,21)/t8?,9-/m0/s1. The molecule has 0 saturated heterocycles. The Kier molecular flexibility index (Phi) is 6.67. The van der Waals surface area contributed by atoms with Crippen LogP contribution in [0.3, 0.4) is 0 Å². The number of hydrogen-bond donors (Lipinski definition) is 3. The van der Waals surface area contributed by atoms with Gasteiger partial charge in [0.25, 0.3) is 0 Å². The van der Waals surface area contributed by atoms with Crippen molar-refractivity contribution in [3.63, 3.8) is 0 Å². The van der Waals surface area contributed by atoms with Gasteiger partial charge in [-0.3, -0.25) is 19.7 Å². The number of carbonyl (C=O) groups is 2. The van der Waals surface area contributed by atoms with Crippen molar-refractivity contribution < 1.29 is 24.7 Å². The number of hydrogen-bond acceptors (Lipinski definition) is 7. The lowest BCUT2D eigenvalue weighted by Gasteiger charge is -2.29. The molecule has 0 aliphatic carbocycles. The van der Waals surface area contributed by atoms with Gasteiger partial charge in [-0.25, -0.2) is 9.71 Å². The van der Waals surface area contributed by atoms with E-state index < -0.39 is 34.2 Å². The fourth-order valence-electron chi connectivity index (χ4n) is 1.99. The lowest BCUT2D eigenvalue weighted by atomic mass is 9.77. The molecule has 0 aromatic carbocycles. The zero-order valence-corrected chi connectivity index (χ0v) is 14.2. The van der Waals surface area contributed by atoms with E-state index in [9.17, 15) is 29.9 Å². The highest BCUT2D eigenvalue weighted by atomic mass is 32.2. The summed E-state index contributed by atoms with van der Waals surface area (Å²) in [5.74, 6) is -3.23. The van der Waals surface area contributed by atoms with Crippen LogP contribution in [0.4, 0.5) is 5.69 Å². The molecule has 0 radical (unpaired) electrons. The van der Waals surface area contributed by atoms with Gasteiger partial charge < -0.3 is 10.2 Å². The zero-order valence-electron chi connectivity index (χ0n) is 13.4. The second kappa shape index (κ2) is 8.06. The summed E-state index contributed by atoms with van der Waals surface area (Å²) >= 11 is 0.700. The minimum atomic E-state index is -1.24. The summed E-state index contributed by atoms with van der Waals surface area (Å²) in [5.41, 5.74) is -0.896. The van der Waals surface area contributed by atoms with E-state index in [0.717, 1.165) is 0 Å². The van der Waals surface area contributed by atoms with Crippen LogP contribution in [0.15, 0.2) is 23.4 Å². The molecule has 2 atom stereocenters. The van der Waals surface area contributed by atoms with Crippen LogP contribution in [0.1, 0.15) is 27.2 Å². The second-order valence-electron chi connectivity index (χ2n) is 6.19. The Balaban J connectivity index is 2.90. The molecule has 1 aromatic heterocycles. The molecule has 0 spiro atoms. The molecule has 1 rings (SSSR count). The average molecular weight is 357 g/mol. The number of rotatable bonds is 8. The zero-order chi connectivity index (χ0) is 18.5. The van der Waals surface area contributed by atoms with Crippen LogP contribution in [0, 0.1) is 21.4 Å². The fourth-order valence-corrected chi connectivity index (χ4v) is 2.80. The predicted octanol–water partition coefficient (Wildman–Crippen LogP) is 2.18. The van der Waals surface area contributed by atoms with Gasteiger partial charge in [0.1, 0.15) is 6.04 Å². The minimum Gasteiger partial charge on any atom is -0.481 e. The first-order chi connectivity index (χ1) is 11.0. The number of carboxylic acids is 2. The smallest absolute Gasteiger partial charge is 0.321 e. The van der Waals surface area contributed by atoms with Gasteiger partial charge in [0.15, 0.2) is 5.03 Å². The van der Waals surface area contributed by atoms with Crippen LogP contribution in [-0.4, -0.2) is 38.1 Å². The van der Waals surface area contributed by atoms with Crippen LogP contribution < -0.4 is 4.72 Å². The molecule has 24 heavy (non-hydrogen) atoms. The van der Waals surface area contributed by atoms with E-state index in [-0.39, 0.29) is 17.1 Å². The molecular weight excluding hydrogens is 338 g/mol. The van der Waals surface area contributed by atoms with Crippen LogP contribution >= 0.6 is 11.9 Å². The van der Waals surface area contributed by atoms with E-state index >= 15 is 0 Å². The Morgan fingerprint density at radius 1 is 1.38 bits per heavy atom. The maximum Gasteiger partial charge on any atom is 0.321 e. The van der Waals surface area contributed by atoms with Gasteiger partial charge in [-0.15, -0.1) is 0 Å². The molecule has 1 heterocycles. The SMILES string of the molecule is CC(C)(C)C(C[C@H](NSc1ncccc1[N+](=O)[O-])C(=O)O)C(=O)O. The summed E-state index contributed by atoms with van der Waals surface area (Å²) in [5, 5.41) is 29.6. The quantitative estimate of drug-likeness (QED) is 0.362. The maximum atomic E-state index is 11.4. The van der Waals surface area contributed by atoms with Gasteiger partial charge in [0, 0.05) is 12.3 Å². The third kappa shape index (κ3) is 5.46. The molecule has 0 bridgehead atoms. The van der Waals surface area contributed by atoms with Crippen LogP contribution in [0.2, 0.25) is 0 Å². The summed E-state index contributed by atoms with van der Waals surface area (Å²) < 4.78 is 2.58. The number of aromatic nitrogens is 1. The molecule has 0 fully saturated rings. The average Bonchev–Trinajstić information content (AvgIpc) is 2.45. The number of nitrogens with zero attached hydrogens (tertiary/aromatic N) is 2. The van der Waals surface area contributed by atoms with Crippen molar-refractivity contribution in [3.05, 3.63) is 28.4 Å². The highest BCUT2D eigenvalue weighted by molar-refractivity contribution is 7.97. The van der Waals surface area contributed by atoms with E-state index in [1.807, 2.05) is 0 Å². The van der Waals surface area contributed by atoms with Gasteiger partial charge >= 0.3 is 17.6 Å². The topological polar surface area (TPSA) is 143 Å². The molecular formula is C14H19N3O6S. The van der Waals surface area contributed by atoms with Crippen LogP contribution in [0.25, 0.3) is 0 Å². The minimum absolute atomic E-state index is 0.0105. The Hall–Kier alpha value is -2.20. The second-order valence-corrected chi connectivity index (χ2v) is 7.01. The largest absolute Gasteiger partial charge is 0.481 e. The molecule has 0 saturated carbocycles. The van der Waals surface area contributed by atoms with Crippen LogP contribution in [0.5, 0.6) is 0 Å². The summed E-state index contributed by atoms with van der Waals surface area (Å²) in [6.45, 7) is 5.13. The first kappa shape index (κ1) is 19.8. The van der Waals surface area contributed by atoms with E-state index in [1.54, 1.807) is 20.8 Å². The van der Waals surface area contributed by atoms with Crippen molar-refractivity contribution in [3.8, 4) is 0 Å². The van der Waals surface area contributed by atoms with E-state index in [1.165, 1.54) is 18.3 Å². The van der Waals surface area contributed by atoms with Crippen molar-refractivity contribution in [2.75, 3.05) is 0 Å². The molecule has 3 N–H and O–H groups in total. The fraction of sp³-hybridized carbons (Fsp3) is 0.500. The normalized spacial score (nSPS) is 14.0. The molecule has 1 aromatic rings. The summed E-state index contributed by atoms with van der Waals surface area (Å²) in [7, 11) is 0. The number of nitro groups is 1. The third-order valence-corrected chi connectivity index (χ3v) is 4.27. The van der Waals surface area contributed by atoms with E-state index in [0.29, 0.717) is 11.9 Å². The number of carboxylic acid groups (broad SMARTS) is 2. The van der Waals surface area contributed by atoms with Crippen molar-refractivity contribution >= 4 is 29.6 Å². The lowest BCUT2D eigenvalue weighted by molar-refractivity contribution is -0.388. The maximum absolute atomic E-state index is 11.4. The van der Waals surface area contributed by atoms with Gasteiger partial charge in [-0.2, -0.15) is 0 Å². The van der Waals surface area contributed by atoms with Gasteiger partial charge in [0.2, 0.25) is 0 Å². The number of pyridine rings is 1. The molecule has 0 amide bonds. The number of nitrogens with one attached hydrogen (secondary N) is 1. The summed E-state index contributed by atoms with van der Waals surface area (Å²) in [4.78, 5) is 36.9. The first-order valence-electron chi connectivity index (χ1n) is 7.01. The van der Waals surface area contributed by atoms with E-state index in [4.69, 9.17) is 0 Å². The van der Waals surface area contributed by atoms with Crippen LogP contribution in [-0.2, 0) is 9.59 Å². The van der Waals surface area contributed by atoms with Gasteiger partial charge in [-0.1, -0.05) is 20.8 Å². The van der Waals surface area contributed by atoms with Gasteiger partial charge in [-0.05, 0) is 29.9 Å². The number of aliphatic carboxylic acids is 2. The highest BCUT2D eigenvalue weighted by Crippen LogP contribution is 2.31. The summed E-state index contributed by atoms with van der Waals surface area (Å²) in [6.07, 6.45) is 1.18. The summed E-state index contributed by atoms with van der Waals surface area (Å²) in [6, 6.07) is 1.45. The molecule has 132 valence electrons. The Morgan fingerprint density at radius 2 is 2.00 bits per heavy atom. The molecule has 0 aliphatic heterocycles. The van der Waals surface area contributed by atoms with E-state index in [2.05, 4.69) is 9.71 Å². The first-order valence-corrected chi connectivity index (χ1v) is 7.83. The van der Waals surface area contributed by atoms with Crippen molar-refractivity contribution in [2.24, 2.45) is 11.3 Å². The Labute approximate surface area is 142 Å². The molecule has 0 aliphatic rings. The third-order valence-electron chi connectivity index (χ3n) is 3.36.